The van der Waals surface area contributed by atoms with Crippen molar-refractivity contribution in [1.29, 1.82) is 0 Å². The first-order chi connectivity index (χ1) is 16.5. The van der Waals surface area contributed by atoms with Gasteiger partial charge in [0.15, 0.2) is 0 Å². The van der Waals surface area contributed by atoms with Crippen molar-refractivity contribution in [1.82, 2.24) is 9.80 Å². The number of anilines is 1. The third kappa shape index (κ3) is 5.44. The van der Waals surface area contributed by atoms with Crippen LogP contribution in [0.25, 0.3) is 0 Å². The highest BCUT2D eigenvalue weighted by Gasteiger charge is 2.37. The van der Waals surface area contributed by atoms with Crippen LogP contribution < -0.4 is 10.1 Å². The van der Waals surface area contributed by atoms with Gasteiger partial charge in [-0.1, -0.05) is 51.0 Å². The average Bonchev–Trinajstić information content (AvgIpc) is 3.39. The normalized spacial score (nSPS) is 18.2. The maximum atomic E-state index is 13.5. The van der Waals surface area contributed by atoms with E-state index in [4.69, 9.17) is 4.74 Å². The zero-order valence-electron chi connectivity index (χ0n) is 20.6. The smallest absolute Gasteiger partial charge is 0.257 e. The summed E-state index contributed by atoms with van der Waals surface area (Å²) in [5.41, 5.74) is 2.71. The van der Waals surface area contributed by atoms with Crippen molar-refractivity contribution in [2.45, 2.75) is 51.5 Å². The fourth-order valence-electron chi connectivity index (χ4n) is 5.31. The molecule has 1 heterocycles. The molecular formula is C28H37N3O3. The van der Waals surface area contributed by atoms with Crippen LogP contribution in [0.5, 0.6) is 5.75 Å². The number of nitrogens with zero attached hydrogens (tertiary/aromatic N) is 2. The quantitative estimate of drug-likeness (QED) is 0.642. The number of carbonyl (C=O) groups is 2. The molecule has 1 unspecified atom stereocenters. The number of para-hydroxylation sites is 1. The van der Waals surface area contributed by atoms with E-state index in [1.54, 1.807) is 7.11 Å². The van der Waals surface area contributed by atoms with E-state index in [0.29, 0.717) is 49.3 Å². The molecule has 1 saturated heterocycles. The highest BCUT2D eigenvalue weighted by Crippen LogP contribution is 2.32. The van der Waals surface area contributed by atoms with Gasteiger partial charge >= 0.3 is 0 Å². The molecule has 0 aromatic heterocycles. The van der Waals surface area contributed by atoms with Gasteiger partial charge in [0.1, 0.15) is 5.75 Å². The summed E-state index contributed by atoms with van der Waals surface area (Å²) >= 11 is 0. The Morgan fingerprint density at radius 2 is 1.59 bits per heavy atom. The van der Waals surface area contributed by atoms with Gasteiger partial charge in [0, 0.05) is 31.9 Å². The molecule has 2 amide bonds. The second kappa shape index (κ2) is 11.0. The molecule has 0 radical (unpaired) electrons. The van der Waals surface area contributed by atoms with Crippen LogP contribution in [0, 0.1) is 5.92 Å². The molecule has 34 heavy (non-hydrogen) atoms. The van der Waals surface area contributed by atoms with Crippen LogP contribution in [-0.2, 0) is 4.79 Å². The van der Waals surface area contributed by atoms with Crippen LogP contribution in [0.4, 0.5) is 5.69 Å². The number of hydrogen-bond acceptors (Lipinski definition) is 4. The molecule has 182 valence electrons. The molecule has 6 nitrogen and oxygen atoms in total. The first-order valence-electron chi connectivity index (χ1n) is 12.5. The summed E-state index contributed by atoms with van der Waals surface area (Å²) in [5.74, 6) is 1.50. The minimum absolute atomic E-state index is 0.00999. The van der Waals surface area contributed by atoms with Gasteiger partial charge in [0.2, 0.25) is 5.91 Å². The molecular weight excluding hydrogens is 426 g/mol. The summed E-state index contributed by atoms with van der Waals surface area (Å²) in [6.07, 6.45) is 4.54. The topological polar surface area (TPSA) is 61.9 Å². The lowest BCUT2D eigenvalue weighted by Gasteiger charge is -2.40. The SMILES string of the molecule is COc1ccccc1C(=O)N1CCN(C(C(=O)Nc2ccc(C(C)C)cc2)C2CCCC2)CC1. The van der Waals surface area contributed by atoms with E-state index in [2.05, 4.69) is 36.2 Å². The molecule has 1 atom stereocenters. The van der Waals surface area contributed by atoms with Crippen molar-refractivity contribution in [3.05, 3.63) is 59.7 Å². The Morgan fingerprint density at radius 1 is 0.941 bits per heavy atom. The predicted octanol–water partition coefficient (Wildman–Crippen LogP) is 4.77. The Hall–Kier alpha value is -2.86. The lowest BCUT2D eigenvalue weighted by molar-refractivity contribution is -0.123. The number of ether oxygens (including phenoxy) is 1. The van der Waals surface area contributed by atoms with E-state index in [0.717, 1.165) is 18.5 Å². The molecule has 1 N–H and O–H groups in total. The molecule has 0 spiro atoms. The number of methoxy groups -OCH3 is 1. The molecule has 6 heteroatoms. The average molecular weight is 464 g/mol. The molecule has 1 aliphatic heterocycles. The minimum atomic E-state index is -0.157. The van der Waals surface area contributed by atoms with E-state index in [1.807, 2.05) is 41.3 Å². The van der Waals surface area contributed by atoms with Crippen molar-refractivity contribution in [3.8, 4) is 5.75 Å². The van der Waals surface area contributed by atoms with E-state index in [1.165, 1.54) is 18.4 Å². The van der Waals surface area contributed by atoms with Crippen LogP contribution in [0.2, 0.25) is 0 Å². The maximum absolute atomic E-state index is 13.5. The third-order valence-corrected chi connectivity index (χ3v) is 7.29. The zero-order valence-corrected chi connectivity index (χ0v) is 20.6. The molecule has 4 rings (SSSR count). The van der Waals surface area contributed by atoms with Crippen molar-refractivity contribution in [2.24, 2.45) is 5.92 Å². The van der Waals surface area contributed by atoms with Crippen LogP contribution in [-0.4, -0.2) is 60.9 Å². The molecule has 1 aliphatic carbocycles. The molecule has 1 saturated carbocycles. The van der Waals surface area contributed by atoms with Crippen molar-refractivity contribution in [3.63, 3.8) is 0 Å². The zero-order chi connectivity index (χ0) is 24.1. The Balaban J connectivity index is 1.43. The van der Waals surface area contributed by atoms with Crippen molar-refractivity contribution < 1.29 is 14.3 Å². The first-order valence-corrected chi connectivity index (χ1v) is 12.5. The second-order valence-corrected chi connectivity index (χ2v) is 9.78. The van der Waals surface area contributed by atoms with Crippen LogP contribution in [0.3, 0.4) is 0 Å². The van der Waals surface area contributed by atoms with Gasteiger partial charge in [0.05, 0.1) is 18.7 Å². The number of benzene rings is 2. The summed E-state index contributed by atoms with van der Waals surface area (Å²) in [6, 6.07) is 15.4. The molecule has 2 aromatic rings. The largest absolute Gasteiger partial charge is 0.496 e. The van der Waals surface area contributed by atoms with E-state index in [-0.39, 0.29) is 17.9 Å². The predicted molar refractivity (Wildman–Crippen MR) is 135 cm³/mol. The van der Waals surface area contributed by atoms with Gasteiger partial charge in [-0.3, -0.25) is 14.5 Å². The number of amides is 2. The Kier molecular flexibility index (Phi) is 7.88. The number of carbonyl (C=O) groups excluding carboxylic acids is 2. The molecule has 0 bridgehead atoms. The standard InChI is InChI=1S/C28H37N3O3/c1-20(2)21-12-14-23(15-13-21)29-27(32)26(22-8-4-5-9-22)30-16-18-31(19-17-30)28(33)24-10-6-7-11-25(24)34-3/h6-7,10-15,20,22,26H,4-5,8-9,16-19H2,1-3H3,(H,29,32). The van der Waals surface area contributed by atoms with Crippen LogP contribution in [0.15, 0.2) is 48.5 Å². The number of hydrogen-bond donors (Lipinski definition) is 1. The monoisotopic (exact) mass is 463 g/mol. The second-order valence-electron chi connectivity index (χ2n) is 9.78. The summed E-state index contributed by atoms with van der Waals surface area (Å²) in [7, 11) is 1.59. The number of rotatable bonds is 7. The number of piperazine rings is 1. The summed E-state index contributed by atoms with van der Waals surface area (Å²) in [6.45, 7) is 6.94. The Bertz CT molecular complexity index is 975. The van der Waals surface area contributed by atoms with E-state index >= 15 is 0 Å². The summed E-state index contributed by atoms with van der Waals surface area (Å²) in [5, 5.41) is 3.18. The molecule has 2 fully saturated rings. The van der Waals surface area contributed by atoms with Gasteiger partial charge in [-0.15, -0.1) is 0 Å². The highest BCUT2D eigenvalue weighted by molar-refractivity contribution is 5.97. The van der Waals surface area contributed by atoms with Crippen LogP contribution >= 0.6 is 0 Å². The van der Waals surface area contributed by atoms with Gasteiger partial charge in [-0.25, -0.2) is 0 Å². The van der Waals surface area contributed by atoms with Crippen molar-refractivity contribution in [2.75, 3.05) is 38.6 Å². The summed E-state index contributed by atoms with van der Waals surface area (Å²) < 4.78 is 5.38. The molecule has 2 aromatic carbocycles. The van der Waals surface area contributed by atoms with E-state index < -0.39 is 0 Å². The Morgan fingerprint density at radius 3 is 2.21 bits per heavy atom. The van der Waals surface area contributed by atoms with Crippen LogP contribution in [0.1, 0.15) is 61.4 Å². The summed E-state index contributed by atoms with van der Waals surface area (Å²) in [4.78, 5) is 30.8. The van der Waals surface area contributed by atoms with E-state index in [9.17, 15) is 9.59 Å². The third-order valence-electron chi connectivity index (χ3n) is 7.29. The fraction of sp³-hybridized carbons (Fsp3) is 0.500. The van der Waals surface area contributed by atoms with Gasteiger partial charge in [-0.2, -0.15) is 0 Å². The maximum Gasteiger partial charge on any atom is 0.257 e. The highest BCUT2D eigenvalue weighted by atomic mass is 16.5. The lowest BCUT2D eigenvalue weighted by atomic mass is 9.94. The van der Waals surface area contributed by atoms with Gasteiger partial charge in [-0.05, 0) is 54.5 Å². The minimum Gasteiger partial charge on any atom is -0.496 e. The van der Waals surface area contributed by atoms with Gasteiger partial charge in [0.25, 0.3) is 5.91 Å². The van der Waals surface area contributed by atoms with Gasteiger partial charge < -0.3 is 15.0 Å². The van der Waals surface area contributed by atoms with Crippen molar-refractivity contribution >= 4 is 17.5 Å². The molecule has 2 aliphatic rings. The fourth-order valence-corrected chi connectivity index (χ4v) is 5.31. The Labute approximate surface area is 203 Å². The first kappa shape index (κ1) is 24.3. The lowest BCUT2D eigenvalue weighted by Crippen LogP contribution is -2.56. The number of nitrogens with one attached hydrogen (secondary N) is 1.